The van der Waals surface area contributed by atoms with E-state index in [-0.39, 0.29) is 11.9 Å². The average Bonchev–Trinajstić information content (AvgIpc) is 2.98. The van der Waals surface area contributed by atoms with Crippen LogP contribution in [0, 0.1) is 0 Å². The van der Waals surface area contributed by atoms with E-state index >= 15 is 0 Å². The first-order chi connectivity index (χ1) is 19.6. The third kappa shape index (κ3) is 7.11. The van der Waals surface area contributed by atoms with Gasteiger partial charge in [-0.25, -0.2) is 4.79 Å². The molecule has 0 radical (unpaired) electrons. The van der Waals surface area contributed by atoms with Gasteiger partial charge in [0.05, 0.1) is 25.4 Å². The Morgan fingerprint density at radius 2 is 1.62 bits per heavy atom. The molecule has 0 unspecified atom stereocenters. The van der Waals surface area contributed by atoms with E-state index in [1.54, 1.807) is 18.2 Å². The summed E-state index contributed by atoms with van der Waals surface area (Å²) in [6, 6.07) is 20.8. The van der Waals surface area contributed by atoms with Gasteiger partial charge in [0.1, 0.15) is 5.75 Å². The van der Waals surface area contributed by atoms with Crippen LogP contribution in [0.4, 0.5) is 21.9 Å². The number of hydrogen-bond donors (Lipinski definition) is 3. The molecule has 40 heavy (non-hydrogen) atoms. The van der Waals surface area contributed by atoms with Crippen molar-refractivity contribution in [1.29, 1.82) is 0 Å². The van der Waals surface area contributed by atoms with Gasteiger partial charge in [-0.05, 0) is 66.9 Å². The lowest BCUT2D eigenvalue weighted by molar-refractivity contribution is 0.0383. The summed E-state index contributed by atoms with van der Waals surface area (Å²) < 4.78 is 10.9. The van der Waals surface area contributed by atoms with E-state index in [1.165, 1.54) is 11.1 Å². The predicted octanol–water partition coefficient (Wildman–Crippen LogP) is 4.35. The molecule has 9 heteroatoms. The van der Waals surface area contributed by atoms with Crippen LogP contribution in [-0.4, -0.2) is 69.4 Å². The molecule has 2 aliphatic rings. The fraction of sp³-hybridized carbons (Fsp3) is 0.355. The van der Waals surface area contributed by atoms with Crippen molar-refractivity contribution in [3.63, 3.8) is 0 Å². The van der Waals surface area contributed by atoms with Crippen LogP contribution >= 0.6 is 0 Å². The maximum atomic E-state index is 13.5. The third-order valence-electron chi connectivity index (χ3n) is 7.21. The largest absolute Gasteiger partial charge is 0.494 e. The van der Waals surface area contributed by atoms with Gasteiger partial charge in [-0.1, -0.05) is 24.3 Å². The second-order valence-electron chi connectivity index (χ2n) is 9.92. The van der Waals surface area contributed by atoms with Crippen molar-refractivity contribution in [2.75, 3.05) is 68.1 Å². The fourth-order valence-corrected chi connectivity index (χ4v) is 5.11. The zero-order valence-electron chi connectivity index (χ0n) is 22.9. The van der Waals surface area contributed by atoms with Crippen LogP contribution in [-0.2, 0) is 17.7 Å². The fourth-order valence-electron chi connectivity index (χ4n) is 5.11. The Labute approximate surface area is 235 Å². The molecule has 0 aliphatic carbocycles. The van der Waals surface area contributed by atoms with E-state index in [1.807, 2.05) is 31.2 Å². The number of amides is 3. The van der Waals surface area contributed by atoms with Crippen LogP contribution in [0.1, 0.15) is 28.4 Å². The molecule has 3 amide bonds. The lowest BCUT2D eigenvalue weighted by Gasteiger charge is -2.32. The standard InChI is InChI=1S/C31H37N5O4/c1-2-40-27-10-7-25(8-11-27)33-31(38)34-26-9-12-29(36-15-13-23-5-3-4-6-24(23)22-36)28(21-26)30(37)32-14-16-35-17-19-39-20-18-35/h3-12,21H,2,13-20,22H2,1H3,(H,32,37)(H2,33,34,38). The molecule has 5 rings (SSSR count). The normalized spacial score (nSPS) is 15.2. The number of hydrogen-bond acceptors (Lipinski definition) is 6. The Morgan fingerprint density at radius 3 is 2.40 bits per heavy atom. The van der Waals surface area contributed by atoms with Crippen LogP contribution in [0.3, 0.4) is 0 Å². The molecule has 210 valence electrons. The summed E-state index contributed by atoms with van der Waals surface area (Å²) in [7, 11) is 0. The highest BCUT2D eigenvalue weighted by Gasteiger charge is 2.22. The highest BCUT2D eigenvalue weighted by atomic mass is 16.5. The Kier molecular flexibility index (Phi) is 9.15. The number of rotatable bonds is 9. The lowest BCUT2D eigenvalue weighted by atomic mass is 9.98. The van der Waals surface area contributed by atoms with E-state index in [2.05, 4.69) is 50.0 Å². The summed E-state index contributed by atoms with van der Waals surface area (Å²) in [4.78, 5) is 30.8. The molecule has 3 aromatic rings. The Hall–Kier alpha value is -4.08. The van der Waals surface area contributed by atoms with Gasteiger partial charge in [0.2, 0.25) is 0 Å². The molecule has 3 aromatic carbocycles. The minimum Gasteiger partial charge on any atom is -0.494 e. The first-order valence-electron chi connectivity index (χ1n) is 13.9. The number of anilines is 3. The second-order valence-corrected chi connectivity index (χ2v) is 9.92. The van der Waals surface area contributed by atoms with E-state index in [9.17, 15) is 9.59 Å². The number of nitrogens with one attached hydrogen (secondary N) is 3. The summed E-state index contributed by atoms with van der Waals surface area (Å²) in [5, 5.41) is 8.81. The van der Waals surface area contributed by atoms with Gasteiger partial charge in [-0.15, -0.1) is 0 Å². The summed E-state index contributed by atoms with van der Waals surface area (Å²) in [6.45, 7) is 8.55. The number of benzene rings is 3. The van der Waals surface area contributed by atoms with Crippen LogP contribution in [0.15, 0.2) is 66.7 Å². The second kappa shape index (κ2) is 13.3. The molecule has 2 heterocycles. The van der Waals surface area contributed by atoms with Gasteiger partial charge in [0.15, 0.2) is 0 Å². The highest BCUT2D eigenvalue weighted by molar-refractivity contribution is 6.04. The smallest absolute Gasteiger partial charge is 0.323 e. The number of carbonyl (C=O) groups excluding carboxylic acids is 2. The number of carbonyl (C=O) groups is 2. The molecule has 0 bridgehead atoms. The Morgan fingerprint density at radius 1 is 0.900 bits per heavy atom. The molecular weight excluding hydrogens is 506 g/mol. The summed E-state index contributed by atoms with van der Waals surface area (Å²) in [5.41, 5.74) is 5.20. The summed E-state index contributed by atoms with van der Waals surface area (Å²) in [6.07, 6.45) is 0.915. The molecule has 3 N–H and O–H groups in total. The molecule has 1 saturated heterocycles. The van der Waals surface area contributed by atoms with E-state index in [0.717, 1.165) is 63.8 Å². The van der Waals surface area contributed by atoms with Crippen molar-refractivity contribution in [3.05, 3.63) is 83.4 Å². The van der Waals surface area contributed by atoms with E-state index in [0.29, 0.717) is 30.1 Å². The zero-order valence-corrected chi connectivity index (χ0v) is 22.9. The number of urea groups is 1. The zero-order chi connectivity index (χ0) is 27.7. The van der Waals surface area contributed by atoms with Crippen LogP contribution < -0.4 is 25.6 Å². The number of ether oxygens (including phenoxy) is 2. The van der Waals surface area contributed by atoms with Gasteiger partial charge >= 0.3 is 6.03 Å². The Bertz CT molecular complexity index is 1310. The molecule has 0 atom stereocenters. The van der Waals surface area contributed by atoms with Crippen molar-refractivity contribution in [1.82, 2.24) is 10.2 Å². The number of morpholine rings is 1. The maximum absolute atomic E-state index is 13.5. The Balaban J connectivity index is 1.30. The molecular formula is C31H37N5O4. The number of fused-ring (bicyclic) bond motifs is 1. The minimum atomic E-state index is -0.387. The van der Waals surface area contributed by atoms with Gasteiger partial charge in [-0.2, -0.15) is 0 Å². The van der Waals surface area contributed by atoms with Gasteiger partial charge < -0.3 is 30.3 Å². The average molecular weight is 544 g/mol. The first-order valence-corrected chi connectivity index (χ1v) is 13.9. The van der Waals surface area contributed by atoms with Crippen LogP contribution in [0.2, 0.25) is 0 Å². The summed E-state index contributed by atoms with van der Waals surface area (Å²) in [5.74, 6) is 0.589. The number of nitrogens with zero attached hydrogens (tertiary/aromatic N) is 2. The quantitative estimate of drug-likeness (QED) is 0.371. The molecule has 0 saturated carbocycles. The first kappa shape index (κ1) is 27.5. The minimum absolute atomic E-state index is 0.155. The monoisotopic (exact) mass is 543 g/mol. The summed E-state index contributed by atoms with van der Waals surface area (Å²) >= 11 is 0. The molecule has 0 aromatic heterocycles. The molecule has 0 spiro atoms. The maximum Gasteiger partial charge on any atom is 0.323 e. The molecule has 9 nitrogen and oxygen atoms in total. The highest BCUT2D eigenvalue weighted by Crippen LogP contribution is 2.30. The van der Waals surface area contributed by atoms with Crippen LogP contribution in [0.25, 0.3) is 0 Å². The van der Waals surface area contributed by atoms with Crippen molar-refractivity contribution < 1.29 is 19.1 Å². The molecule has 1 fully saturated rings. The van der Waals surface area contributed by atoms with Crippen LogP contribution in [0.5, 0.6) is 5.75 Å². The van der Waals surface area contributed by atoms with Crippen molar-refractivity contribution in [2.45, 2.75) is 19.9 Å². The van der Waals surface area contributed by atoms with Gasteiger partial charge in [0, 0.05) is 56.3 Å². The SMILES string of the molecule is CCOc1ccc(NC(=O)Nc2ccc(N3CCc4ccccc4C3)c(C(=O)NCCN3CCOCC3)c2)cc1. The van der Waals surface area contributed by atoms with E-state index < -0.39 is 0 Å². The topological polar surface area (TPSA) is 95.2 Å². The van der Waals surface area contributed by atoms with Crippen molar-refractivity contribution in [3.8, 4) is 5.75 Å². The van der Waals surface area contributed by atoms with Gasteiger partial charge in [0.25, 0.3) is 5.91 Å². The van der Waals surface area contributed by atoms with E-state index in [4.69, 9.17) is 9.47 Å². The van der Waals surface area contributed by atoms with Crippen molar-refractivity contribution >= 4 is 29.0 Å². The third-order valence-corrected chi connectivity index (χ3v) is 7.21. The van der Waals surface area contributed by atoms with Gasteiger partial charge in [-0.3, -0.25) is 9.69 Å². The predicted molar refractivity (Wildman–Crippen MR) is 157 cm³/mol. The lowest BCUT2D eigenvalue weighted by Crippen LogP contribution is -2.41. The molecule has 2 aliphatic heterocycles. The van der Waals surface area contributed by atoms with Crippen molar-refractivity contribution in [2.24, 2.45) is 0 Å².